The van der Waals surface area contributed by atoms with Gasteiger partial charge in [0.2, 0.25) is 5.91 Å². The van der Waals surface area contributed by atoms with Crippen LogP contribution in [-0.2, 0) is 4.79 Å². The van der Waals surface area contributed by atoms with Crippen molar-refractivity contribution in [3.63, 3.8) is 0 Å². The first kappa shape index (κ1) is 15.4. The minimum Gasteiger partial charge on any atom is -0.387 e. The molecule has 0 aliphatic carbocycles. The van der Waals surface area contributed by atoms with Gasteiger partial charge >= 0.3 is 0 Å². The highest BCUT2D eigenvalue weighted by atomic mass is 16.3. The van der Waals surface area contributed by atoms with E-state index in [0.717, 1.165) is 68.6 Å². The molecule has 2 aromatic rings. The van der Waals surface area contributed by atoms with Crippen molar-refractivity contribution in [3.05, 3.63) is 18.6 Å². The van der Waals surface area contributed by atoms with Gasteiger partial charge in [-0.15, -0.1) is 0 Å². The van der Waals surface area contributed by atoms with Gasteiger partial charge < -0.3 is 19.9 Å². The molecule has 7 heteroatoms. The van der Waals surface area contributed by atoms with Crippen LogP contribution in [0.2, 0.25) is 0 Å². The first-order valence-corrected chi connectivity index (χ1v) is 8.68. The molecule has 0 bridgehead atoms. The number of aliphatic hydroxyl groups excluding tert-OH is 1. The SMILES string of the molecule is O=C(CO)N1CCCC12CCCCN(c1ncnc3[nH]ccc13)C2. The summed E-state index contributed by atoms with van der Waals surface area (Å²) in [5, 5.41) is 10.4. The molecule has 1 amide bonds. The van der Waals surface area contributed by atoms with E-state index in [-0.39, 0.29) is 11.4 Å². The van der Waals surface area contributed by atoms with Crippen molar-refractivity contribution < 1.29 is 9.90 Å². The topological polar surface area (TPSA) is 85.3 Å². The minimum atomic E-state index is -0.405. The van der Waals surface area contributed by atoms with Gasteiger partial charge in [0.05, 0.1) is 10.9 Å². The van der Waals surface area contributed by atoms with Crippen molar-refractivity contribution in [2.75, 3.05) is 31.1 Å². The van der Waals surface area contributed by atoms with E-state index in [1.165, 1.54) is 0 Å². The van der Waals surface area contributed by atoms with Gasteiger partial charge in [-0.05, 0) is 38.2 Å². The van der Waals surface area contributed by atoms with E-state index in [9.17, 15) is 9.90 Å². The Labute approximate surface area is 140 Å². The van der Waals surface area contributed by atoms with E-state index in [4.69, 9.17) is 0 Å². The fourth-order valence-corrected chi connectivity index (χ4v) is 4.40. The number of fused-ring (bicyclic) bond motifs is 1. The molecule has 4 heterocycles. The lowest BCUT2D eigenvalue weighted by Gasteiger charge is -2.40. The van der Waals surface area contributed by atoms with Gasteiger partial charge in [0.15, 0.2) is 0 Å². The fourth-order valence-electron chi connectivity index (χ4n) is 4.40. The molecule has 7 nitrogen and oxygen atoms in total. The standard InChI is InChI=1S/C17H23N5O2/c23-10-14(24)22-9-3-6-17(22)5-1-2-8-21(11-17)16-13-4-7-18-15(13)19-12-20-16/h4,7,12,23H,1-3,5-6,8-11H2,(H,18,19,20). The van der Waals surface area contributed by atoms with Crippen molar-refractivity contribution in [2.45, 2.75) is 37.6 Å². The molecule has 1 atom stereocenters. The first-order valence-electron chi connectivity index (χ1n) is 8.68. The summed E-state index contributed by atoms with van der Waals surface area (Å²) < 4.78 is 0. The molecule has 4 rings (SSSR count). The number of hydrogen-bond donors (Lipinski definition) is 2. The average Bonchev–Trinajstić information content (AvgIpc) is 3.18. The van der Waals surface area contributed by atoms with Gasteiger partial charge in [0.1, 0.15) is 24.4 Å². The van der Waals surface area contributed by atoms with Gasteiger partial charge in [-0.25, -0.2) is 9.97 Å². The maximum Gasteiger partial charge on any atom is 0.248 e. The Bertz CT molecular complexity index is 745. The van der Waals surface area contributed by atoms with Gasteiger partial charge in [-0.2, -0.15) is 0 Å². The molecular formula is C17H23N5O2. The molecule has 2 aliphatic rings. The molecule has 24 heavy (non-hydrogen) atoms. The molecule has 128 valence electrons. The van der Waals surface area contributed by atoms with E-state index < -0.39 is 6.61 Å². The Kier molecular flexibility index (Phi) is 3.88. The zero-order valence-corrected chi connectivity index (χ0v) is 13.7. The predicted molar refractivity (Wildman–Crippen MR) is 90.7 cm³/mol. The molecular weight excluding hydrogens is 306 g/mol. The van der Waals surface area contributed by atoms with Crippen LogP contribution in [0.5, 0.6) is 0 Å². The second-order valence-electron chi connectivity index (χ2n) is 6.85. The molecule has 2 aliphatic heterocycles. The normalized spacial score (nSPS) is 24.7. The Balaban J connectivity index is 1.70. The zero-order chi connectivity index (χ0) is 16.6. The Morgan fingerprint density at radius 1 is 1.25 bits per heavy atom. The second kappa shape index (κ2) is 6.05. The molecule has 0 radical (unpaired) electrons. The van der Waals surface area contributed by atoms with E-state index in [1.54, 1.807) is 6.33 Å². The second-order valence-corrected chi connectivity index (χ2v) is 6.85. The number of nitrogens with one attached hydrogen (secondary N) is 1. The van der Waals surface area contributed by atoms with Gasteiger partial charge in [-0.3, -0.25) is 4.79 Å². The van der Waals surface area contributed by atoms with Gasteiger partial charge in [0, 0.05) is 25.8 Å². The molecule has 2 aromatic heterocycles. The maximum atomic E-state index is 12.2. The van der Waals surface area contributed by atoms with Crippen LogP contribution in [0.25, 0.3) is 11.0 Å². The van der Waals surface area contributed by atoms with Crippen LogP contribution in [-0.4, -0.2) is 62.6 Å². The summed E-state index contributed by atoms with van der Waals surface area (Å²) in [6.07, 6.45) is 8.65. The third kappa shape index (κ3) is 2.43. The number of rotatable bonds is 2. The fraction of sp³-hybridized carbons (Fsp3) is 0.588. The van der Waals surface area contributed by atoms with Crippen LogP contribution in [0, 0.1) is 0 Å². The molecule has 2 N–H and O–H groups in total. The molecule has 1 unspecified atom stereocenters. The highest BCUT2D eigenvalue weighted by Crippen LogP contribution is 2.38. The van der Waals surface area contributed by atoms with Crippen LogP contribution >= 0.6 is 0 Å². The summed E-state index contributed by atoms with van der Waals surface area (Å²) in [5.41, 5.74) is 0.664. The Hall–Kier alpha value is -2.15. The zero-order valence-electron chi connectivity index (χ0n) is 13.7. The average molecular weight is 329 g/mol. The monoisotopic (exact) mass is 329 g/mol. The number of aliphatic hydroxyl groups is 1. The number of anilines is 1. The van der Waals surface area contributed by atoms with Gasteiger partial charge in [0.25, 0.3) is 0 Å². The predicted octanol–water partition coefficient (Wildman–Crippen LogP) is 1.30. The third-order valence-corrected chi connectivity index (χ3v) is 5.47. The third-order valence-electron chi connectivity index (χ3n) is 5.47. The lowest BCUT2D eigenvalue weighted by molar-refractivity contribution is -0.138. The number of carbonyl (C=O) groups is 1. The number of hydrogen-bond acceptors (Lipinski definition) is 5. The lowest BCUT2D eigenvalue weighted by Crippen LogP contribution is -2.54. The molecule has 0 aromatic carbocycles. The molecule has 0 saturated carbocycles. The summed E-state index contributed by atoms with van der Waals surface area (Å²) in [4.78, 5) is 28.4. The summed E-state index contributed by atoms with van der Waals surface area (Å²) in [5.74, 6) is 0.787. The maximum absolute atomic E-state index is 12.2. The number of nitrogens with zero attached hydrogens (tertiary/aromatic N) is 4. The number of H-pyrrole nitrogens is 1. The quantitative estimate of drug-likeness (QED) is 0.867. The first-order chi connectivity index (χ1) is 11.7. The van der Waals surface area contributed by atoms with Crippen LogP contribution in [0.15, 0.2) is 18.6 Å². The highest BCUT2D eigenvalue weighted by molar-refractivity contribution is 5.87. The lowest BCUT2D eigenvalue weighted by atomic mass is 9.90. The molecule has 2 saturated heterocycles. The van der Waals surface area contributed by atoms with Crippen LogP contribution in [0.1, 0.15) is 32.1 Å². The number of aromatic amines is 1. The van der Waals surface area contributed by atoms with Crippen LogP contribution < -0.4 is 4.90 Å². The Morgan fingerprint density at radius 2 is 2.12 bits per heavy atom. The smallest absolute Gasteiger partial charge is 0.248 e. The Morgan fingerprint density at radius 3 is 3.00 bits per heavy atom. The van der Waals surface area contributed by atoms with E-state index in [2.05, 4.69) is 19.9 Å². The van der Waals surface area contributed by atoms with Crippen molar-refractivity contribution in [1.82, 2.24) is 19.9 Å². The highest BCUT2D eigenvalue weighted by Gasteiger charge is 2.45. The summed E-state index contributed by atoms with van der Waals surface area (Å²) in [6, 6.07) is 2.01. The summed E-state index contributed by atoms with van der Waals surface area (Å²) >= 11 is 0. The summed E-state index contributed by atoms with van der Waals surface area (Å²) in [6.45, 7) is 2.05. The van der Waals surface area contributed by atoms with E-state index in [1.807, 2.05) is 17.2 Å². The van der Waals surface area contributed by atoms with Crippen molar-refractivity contribution in [2.24, 2.45) is 0 Å². The molecule has 1 spiro atoms. The van der Waals surface area contributed by atoms with E-state index in [0.29, 0.717) is 0 Å². The van der Waals surface area contributed by atoms with Crippen molar-refractivity contribution in [3.8, 4) is 0 Å². The largest absolute Gasteiger partial charge is 0.387 e. The number of likely N-dealkylation sites (tertiary alicyclic amines) is 1. The van der Waals surface area contributed by atoms with Crippen molar-refractivity contribution >= 4 is 22.8 Å². The number of carbonyl (C=O) groups excluding carboxylic acids is 1. The number of amides is 1. The van der Waals surface area contributed by atoms with E-state index >= 15 is 0 Å². The number of aromatic nitrogens is 3. The van der Waals surface area contributed by atoms with Crippen LogP contribution in [0.4, 0.5) is 5.82 Å². The van der Waals surface area contributed by atoms with Gasteiger partial charge in [-0.1, -0.05) is 0 Å². The minimum absolute atomic E-state index is 0.149. The summed E-state index contributed by atoms with van der Waals surface area (Å²) in [7, 11) is 0. The molecule has 2 fully saturated rings. The van der Waals surface area contributed by atoms with Crippen LogP contribution in [0.3, 0.4) is 0 Å². The van der Waals surface area contributed by atoms with Crippen molar-refractivity contribution in [1.29, 1.82) is 0 Å².